The van der Waals surface area contributed by atoms with E-state index in [0.717, 1.165) is 37.2 Å². The van der Waals surface area contributed by atoms with E-state index in [1.54, 1.807) is 36.8 Å². The maximum absolute atomic E-state index is 13.6. The standard InChI is InChI=1S/C31H20N4O4/c1-33-28(36)20-7-3-16-18-5-9-22-27-23(31(39)35(30(22)38)13-2-12-34-14-11-32-15-34)10-6-19(25(18)27)17-4-8-21(29(33)37)26(20)24(16)17/h3-11,14-15H,2,12-13H2,1H3. The number of amides is 4. The van der Waals surface area contributed by atoms with Crippen molar-refractivity contribution in [2.75, 3.05) is 13.6 Å². The van der Waals surface area contributed by atoms with Crippen molar-refractivity contribution >= 4 is 66.7 Å². The molecule has 0 bridgehead atoms. The molecule has 39 heavy (non-hydrogen) atoms. The predicted octanol–water partition coefficient (Wildman–Crippen LogP) is 4.85. The van der Waals surface area contributed by atoms with Gasteiger partial charge in [0.1, 0.15) is 0 Å². The Morgan fingerprint density at radius 1 is 0.590 bits per heavy atom. The Kier molecular flexibility index (Phi) is 4.20. The first-order valence-corrected chi connectivity index (χ1v) is 12.8. The molecular formula is C31H20N4O4. The maximum Gasteiger partial charge on any atom is 0.261 e. The lowest BCUT2D eigenvalue weighted by molar-refractivity contribution is 0.0602. The number of aromatic nitrogens is 2. The van der Waals surface area contributed by atoms with Crippen LogP contribution in [-0.2, 0) is 6.54 Å². The molecule has 2 aliphatic rings. The summed E-state index contributed by atoms with van der Waals surface area (Å²) in [5.41, 5.74) is 2.01. The molecule has 0 fully saturated rings. The van der Waals surface area contributed by atoms with Crippen LogP contribution < -0.4 is 0 Å². The first kappa shape index (κ1) is 21.9. The van der Waals surface area contributed by atoms with Gasteiger partial charge >= 0.3 is 0 Å². The fourth-order valence-electron chi connectivity index (χ4n) is 6.47. The molecule has 0 atom stereocenters. The molecule has 8 rings (SSSR count). The molecule has 1 aromatic heterocycles. The largest absolute Gasteiger partial charge is 0.337 e. The second-order valence-corrected chi connectivity index (χ2v) is 10.2. The fourth-order valence-corrected chi connectivity index (χ4v) is 6.47. The van der Waals surface area contributed by atoms with Crippen molar-refractivity contribution < 1.29 is 19.2 Å². The zero-order valence-corrected chi connectivity index (χ0v) is 20.9. The minimum Gasteiger partial charge on any atom is -0.337 e. The van der Waals surface area contributed by atoms with Crippen LogP contribution in [0.4, 0.5) is 0 Å². The third-order valence-electron chi connectivity index (χ3n) is 8.28. The van der Waals surface area contributed by atoms with Gasteiger partial charge < -0.3 is 4.57 Å². The Bertz CT molecular complexity index is 1970. The fraction of sp³-hybridized carbons (Fsp3) is 0.129. The average molecular weight is 513 g/mol. The highest BCUT2D eigenvalue weighted by molar-refractivity contribution is 6.41. The van der Waals surface area contributed by atoms with Crippen LogP contribution >= 0.6 is 0 Å². The van der Waals surface area contributed by atoms with Crippen molar-refractivity contribution in [2.24, 2.45) is 0 Å². The molecule has 0 aliphatic carbocycles. The summed E-state index contributed by atoms with van der Waals surface area (Å²) in [6.07, 6.45) is 5.89. The van der Waals surface area contributed by atoms with E-state index < -0.39 is 0 Å². The van der Waals surface area contributed by atoms with E-state index in [2.05, 4.69) is 4.98 Å². The molecule has 4 amide bonds. The zero-order valence-electron chi connectivity index (χ0n) is 20.9. The molecule has 0 radical (unpaired) electrons. The SMILES string of the molecule is CN1C(=O)c2ccc3c4ccc5c6c(ccc(c7ccc(c2c37)C1=O)c64)C(=O)N(CCCn1ccnc1)C5=O. The lowest BCUT2D eigenvalue weighted by Crippen LogP contribution is -2.41. The van der Waals surface area contributed by atoms with E-state index in [0.29, 0.717) is 52.5 Å². The maximum atomic E-state index is 13.6. The Balaban J connectivity index is 1.36. The van der Waals surface area contributed by atoms with Gasteiger partial charge in [0, 0.05) is 65.6 Å². The van der Waals surface area contributed by atoms with Gasteiger partial charge in [-0.05, 0) is 63.0 Å². The van der Waals surface area contributed by atoms with Crippen LogP contribution in [0.2, 0.25) is 0 Å². The number of nitrogens with zero attached hydrogens (tertiary/aromatic N) is 4. The minimum absolute atomic E-state index is 0.294. The summed E-state index contributed by atoms with van der Waals surface area (Å²) in [5, 5.41) is 6.56. The Morgan fingerprint density at radius 2 is 1.05 bits per heavy atom. The number of benzene rings is 5. The van der Waals surface area contributed by atoms with Gasteiger partial charge in [0.2, 0.25) is 0 Å². The quantitative estimate of drug-likeness (QED) is 0.191. The van der Waals surface area contributed by atoms with Crippen LogP contribution in [0.25, 0.3) is 43.1 Å². The van der Waals surface area contributed by atoms with Crippen molar-refractivity contribution in [2.45, 2.75) is 13.0 Å². The van der Waals surface area contributed by atoms with Crippen LogP contribution in [0.15, 0.2) is 67.3 Å². The van der Waals surface area contributed by atoms with Crippen molar-refractivity contribution in [3.8, 4) is 0 Å². The third kappa shape index (κ3) is 2.70. The van der Waals surface area contributed by atoms with Crippen LogP contribution in [-0.4, -0.2) is 56.6 Å². The van der Waals surface area contributed by atoms with Gasteiger partial charge in [-0.15, -0.1) is 0 Å². The number of rotatable bonds is 4. The van der Waals surface area contributed by atoms with Gasteiger partial charge in [-0.1, -0.05) is 24.3 Å². The number of hydrogen-bond acceptors (Lipinski definition) is 5. The molecular weight excluding hydrogens is 492 g/mol. The summed E-state index contributed by atoms with van der Waals surface area (Å²) in [4.78, 5) is 59.7. The van der Waals surface area contributed by atoms with Crippen molar-refractivity contribution in [1.82, 2.24) is 19.4 Å². The van der Waals surface area contributed by atoms with E-state index in [4.69, 9.17) is 0 Å². The van der Waals surface area contributed by atoms with Gasteiger partial charge in [-0.25, -0.2) is 4.98 Å². The van der Waals surface area contributed by atoms with E-state index in [-0.39, 0.29) is 23.6 Å². The number of carbonyl (C=O) groups excluding carboxylic acids is 4. The van der Waals surface area contributed by atoms with Gasteiger partial charge in [-0.3, -0.25) is 29.0 Å². The number of imidazole rings is 1. The smallest absolute Gasteiger partial charge is 0.261 e. The first-order valence-electron chi connectivity index (χ1n) is 12.8. The second-order valence-electron chi connectivity index (χ2n) is 10.2. The lowest BCUT2D eigenvalue weighted by atomic mass is 9.82. The molecule has 5 aromatic carbocycles. The molecule has 8 heteroatoms. The number of carbonyl (C=O) groups is 4. The molecule has 0 spiro atoms. The molecule has 0 N–H and O–H groups in total. The summed E-state index contributed by atoms with van der Waals surface area (Å²) >= 11 is 0. The van der Waals surface area contributed by atoms with Crippen LogP contribution in [0.1, 0.15) is 47.9 Å². The van der Waals surface area contributed by atoms with Crippen molar-refractivity contribution in [1.29, 1.82) is 0 Å². The molecule has 0 saturated heterocycles. The molecule has 0 saturated carbocycles. The van der Waals surface area contributed by atoms with E-state index >= 15 is 0 Å². The predicted molar refractivity (Wildman–Crippen MR) is 146 cm³/mol. The monoisotopic (exact) mass is 512 g/mol. The van der Waals surface area contributed by atoms with Gasteiger partial charge in [0.25, 0.3) is 23.6 Å². The van der Waals surface area contributed by atoms with Gasteiger partial charge in [0.05, 0.1) is 6.33 Å². The molecule has 0 unspecified atom stereocenters. The van der Waals surface area contributed by atoms with Crippen LogP contribution in [0.3, 0.4) is 0 Å². The van der Waals surface area contributed by atoms with E-state index in [1.165, 1.54) is 11.9 Å². The van der Waals surface area contributed by atoms with Crippen LogP contribution in [0.5, 0.6) is 0 Å². The Hall–Kier alpha value is -5.11. The number of fused-ring (bicyclic) bond motifs is 2. The summed E-state index contributed by atoms with van der Waals surface area (Å²) < 4.78 is 1.92. The highest BCUT2D eigenvalue weighted by Crippen LogP contribution is 2.46. The van der Waals surface area contributed by atoms with E-state index in [9.17, 15) is 19.2 Å². The highest BCUT2D eigenvalue weighted by atomic mass is 16.2. The third-order valence-corrected chi connectivity index (χ3v) is 8.28. The van der Waals surface area contributed by atoms with Gasteiger partial charge in [0.15, 0.2) is 0 Å². The molecule has 188 valence electrons. The second kappa shape index (κ2) is 7.48. The Labute approximate surface area is 221 Å². The molecule has 8 nitrogen and oxygen atoms in total. The highest BCUT2D eigenvalue weighted by Gasteiger charge is 2.35. The summed E-state index contributed by atoms with van der Waals surface area (Å²) in [7, 11) is 1.50. The van der Waals surface area contributed by atoms with Crippen LogP contribution in [0, 0.1) is 0 Å². The number of imide groups is 2. The molecule has 3 heterocycles. The zero-order chi connectivity index (χ0) is 26.6. The number of hydrogen-bond donors (Lipinski definition) is 0. The minimum atomic E-state index is -0.323. The van der Waals surface area contributed by atoms with Crippen molar-refractivity contribution in [3.05, 3.63) is 89.5 Å². The van der Waals surface area contributed by atoms with Crippen molar-refractivity contribution in [3.63, 3.8) is 0 Å². The number of aryl methyl sites for hydroxylation is 1. The Morgan fingerprint density at radius 3 is 1.49 bits per heavy atom. The first-order chi connectivity index (χ1) is 19.0. The average Bonchev–Trinajstić information content (AvgIpc) is 3.48. The molecule has 2 aliphatic heterocycles. The summed E-state index contributed by atoms with van der Waals surface area (Å²) in [6, 6.07) is 14.8. The van der Waals surface area contributed by atoms with Gasteiger partial charge in [-0.2, -0.15) is 0 Å². The topological polar surface area (TPSA) is 92.6 Å². The summed E-state index contributed by atoms with van der Waals surface area (Å²) in [6.45, 7) is 0.966. The summed E-state index contributed by atoms with van der Waals surface area (Å²) in [5.74, 6) is -1.23. The normalized spacial score (nSPS) is 15.2. The molecule has 6 aromatic rings. The lowest BCUT2D eigenvalue weighted by Gasteiger charge is -2.29. The van der Waals surface area contributed by atoms with E-state index in [1.807, 2.05) is 35.0 Å².